The molecule has 0 N–H and O–H groups in total. The molecule has 0 aliphatic rings. The lowest BCUT2D eigenvalue weighted by molar-refractivity contribution is -0.149. The van der Waals surface area contributed by atoms with Crippen molar-refractivity contribution >= 4 is 47.3 Å². The van der Waals surface area contributed by atoms with Gasteiger partial charge in [0.2, 0.25) is 0 Å². The Hall–Kier alpha value is -1.25. The van der Waals surface area contributed by atoms with E-state index in [4.69, 9.17) is 9.16 Å². The van der Waals surface area contributed by atoms with E-state index < -0.39 is 20.5 Å². The highest BCUT2D eigenvalue weighted by Gasteiger charge is 2.50. The molecule has 3 nitrogen and oxygen atoms in total. The van der Waals surface area contributed by atoms with E-state index in [1.165, 1.54) is 10.4 Å². The van der Waals surface area contributed by atoms with Gasteiger partial charge < -0.3 is 9.16 Å². The van der Waals surface area contributed by atoms with Gasteiger partial charge in [0.25, 0.3) is 8.32 Å². The fraction of sp³-hybridized carbons (Fsp3) is 0.435. The number of carbonyl (C=O) groups excluding carboxylic acids is 1. The smallest absolute Gasteiger partial charge is 0.340 e. The molecule has 0 aliphatic heterocycles. The van der Waals surface area contributed by atoms with Crippen molar-refractivity contribution < 1.29 is 18.3 Å². The van der Waals surface area contributed by atoms with Gasteiger partial charge >= 0.3 is 5.97 Å². The molecule has 0 saturated heterocycles. The first-order valence-corrected chi connectivity index (χ1v) is 13.1. The minimum absolute atomic E-state index is 0.0809. The van der Waals surface area contributed by atoms with E-state index in [1.807, 2.05) is 36.4 Å². The number of hydrogen-bond acceptors (Lipinski definition) is 3. The number of esters is 1. The third kappa shape index (κ3) is 5.89. The number of benzene rings is 2. The second-order valence-corrected chi connectivity index (χ2v) is 14.1. The van der Waals surface area contributed by atoms with Crippen LogP contribution in [-0.2, 0) is 14.0 Å². The van der Waals surface area contributed by atoms with Crippen LogP contribution in [0.3, 0.4) is 0 Å². The van der Waals surface area contributed by atoms with Gasteiger partial charge in [-0.25, -0.2) is 9.18 Å². The minimum Gasteiger partial charge on any atom is -0.464 e. The predicted octanol–water partition coefficient (Wildman–Crippen LogP) is 4.66. The van der Waals surface area contributed by atoms with Gasteiger partial charge in [0, 0.05) is 17.0 Å². The van der Waals surface area contributed by atoms with Gasteiger partial charge in [0.1, 0.15) is 0 Å². The van der Waals surface area contributed by atoms with Gasteiger partial charge in [0.05, 0.1) is 6.61 Å². The summed E-state index contributed by atoms with van der Waals surface area (Å²) in [6.07, 6.45) is -1.54. The van der Waals surface area contributed by atoms with Crippen LogP contribution in [0.4, 0.5) is 4.39 Å². The Bertz CT molecular complexity index is 725. The summed E-state index contributed by atoms with van der Waals surface area (Å²) in [5.74, 6) is -0.792. The van der Waals surface area contributed by atoms with E-state index in [1.54, 1.807) is 6.92 Å². The zero-order chi connectivity index (χ0) is 21.5. The van der Waals surface area contributed by atoms with Crippen LogP contribution in [0, 0.1) is 0 Å². The Morgan fingerprint density at radius 1 is 1.03 bits per heavy atom. The number of carbonyl (C=O) groups is 1. The maximum atomic E-state index is 14.2. The molecule has 29 heavy (non-hydrogen) atoms. The van der Waals surface area contributed by atoms with Crippen molar-refractivity contribution in [2.45, 2.75) is 49.3 Å². The monoisotopic (exact) mass is 528 g/mol. The first-order valence-electron chi connectivity index (χ1n) is 9.92. The second kappa shape index (κ2) is 10.7. The Kier molecular flexibility index (Phi) is 8.85. The highest BCUT2D eigenvalue weighted by molar-refractivity contribution is 14.1. The number of hydrogen-bond donors (Lipinski definition) is 0. The summed E-state index contributed by atoms with van der Waals surface area (Å²) in [6, 6.07) is 20.7. The van der Waals surface area contributed by atoms with Crippen molar-refractivity contribution in [3.63, 3.8) is 0 Å². The quantitative estimate of drug-likeness (QED) is 0.206. The third-order valence-electron chi connectivity index (χ3n) is 4.90. The molecule has 0 heterocycles. The fourth-order valence-corrected chi connectivity index (χ4v) is 9.17. The van der Waals surface area contributed by atoms with Gasteiger partial charge in [-0.05, 0) is 22.3 Å². The van der Waals surface area contributed by atoms with Crippen LogP contribution in [0.15, 0.2) is 60.7 Å². The molecule has 0 radical (unpaired) electrons. The van der Waals surface area contributed by atoms with Crippen molar-refractivity contribution in [2.24, 2.45) is 0 Å². The molecule has 158 valence electrons. The molecule has 0 aliphatic carbocycles. The summed E-state index contributed by atoms with van der Waals surface area (Å²) in [6.45, 7) is 8.85. The fourth-order valence-electron chi connectivity index (χ4n) is 3.60. The summed E-state index contributed by atoms with van der Waals surface area (Å²) < 4.78 is 25.6. The first kappa shape index (κ1) is 24.0. The zero-order valence-electron chi connectivity index (χ0n) is 17.5. The molecular formula is C23H30FIO3Si. The molecule has 0 amide bonds. The first-order chi connectivity index (χ1) is 13.7. The zero-order valence-corrected chi connectivity index (χ0v) is 20.7. The van der Waals surface area contributed by atoms with Crippen LogP contribution >= 0.6 is 22.6 Å². The summed E-state index contributed by atoms with van der Waals surface area (Å²) in [7, 11) is -2.65. The van der Waals surface area contributed by atoms with Gasteiger partial charge in [-0.15, -0.1) is 0 Å². The molecule has 6 heteroatoms. The predicted molar refractivity (Wildman–Crippen MR) is 128 cm³/mol. The average molecular weight is 528 g/mol. The van der Waals surface area contributed by atoms with Gasteiger partial charge in [-0.3, -0.25) is 0 Å². The number of ether oxygens (including phenoxy) is 1. The van der Waals surface area contributed by atoms with Crippen LogP contribution in [0.2, 0.25) is 5.04 Å². The van der Waals surface area contributed by atoms with Crippen molar-refractivity contribution in [1.29, 1.82) is 0 Å². The van der Waals surface area contributed by atoms with E-state index in [2.05, 4.69) is 67.6 Å². The maximum Gasteiger partial charge on any atom is 0.340 e. The van der Waals surface area contributed by atoms with Crippen LogP contribution < -0.4 is 10.4 Å². The molecule has 2 atom stereocenters. The number of alkyl halides is 2. The van der Waals surface area contributed by atoms with Crippen molar-refractivity contribution in [2.75, 3.05) is 13.2 Å². The molecule has 0 aromatic heterocycles. The average Bonchev–Trinajstić information content (AvgIpc) is 2.69. The molecule has 0 spiro atoms. The standard InChI is InChI=1S/C23H30FIO3Si/c1-5-27-22(26)21(24)16-18(25)17-28-29(23(2,3)4,19-12-8-6-9-13-19)20-14-10-7-11-15-20/h6-15,18,21H,5,16-17H2,1-4H3/t18?,21-/m1/s1. The summed E-state index contributed by atoms with van der Waals surface area (Å²) in [5.41, 5.74) is 0. The molecule has 0 fully saturated rings. The lowest BCUT2D eigenvalue weighted by Crippen LogP contribution is -2.67. The number of rotatable bonds is 9. The van der Waals surface area contributed by atoms with E-state index in [-0.39, 0.29) is 22.0 Å². The molecule has 0 bridgehead atoms. The van der Waals surface area contributed by atoms with E-state index in [0.717, 1.165) is 0 Å². The lowest BCUT2D eigenvalue weighted by Gasteiger charge is -2.43. The maximum absolute atomic E-state index is 14.2. The summed E-state index contributed by atoms with van der Waals surface area (Å²) in [5, 5.41) is 2.23. The topological polar surface area (TPSA) is 35.5 Å². The second-order valence-electron chi connectivity index (χ2n) is 8.03. The van der Waals surface area contributed by atoms with Crippen LogP contribution in [0.25, 0.3) is 0 Å². The highest BCUT2D eigenvalue weighted by atomic mass is 127. The summed E-state index contributed by atoms with van der Waals surface area (Å²) in [4.78, 5) is 11.6. The van der Waals surface area contributed by atoms with E-state index in [0.29, 0.717) is 6.61 Å². The van der Waals surface area contributed by atoms with Gasteiger partial charge in [0.15, 0.2) is 6.17 Å². The lowest BCUT2D eigenvalue weighted by atomic mass is 10.2. The van der Waals surface area contributed by atoms with Crippen molar-refractivity contribution in [3.05, 3.63) is 60.7 Å². The van der Waals surface area contributed by atoms with Crippen LogP contribution in [0.5, 0.6) is 0 Å². The van der Waals surface area contributed by atoms with Crippen LogP contribution in [0.1, 0.15) is 34.1 Å². The highest BCUT2D eigenvalue weighted by Crippen LogP contribution is 2.37. The Balaban J connectivity index is 2.33. The molecule has 0 saturated carbocycles. The van der Waals surface area contributed by atoms with E-state index >= 15 is 0 Å². The SMILES string of the molecule is CCOC(=O)[C@H](F)CC(I)CO[Si](c1ccccc1)(c1ccccc1)C(C)(C)C. The molecule has 1 unspecified atom stereocenters. The van der Waals surface area contributed by atoms with E-state index in [9.17, 15) is 9.18 Å². The van der Waals surface area contributed by atoms with Crippen LogP contribution in [-0.4, -0.2) is 37.6 Å². The largest absolute Gasteiger partial charge is 0.464 e. The Labute approximate surface area is 188 Å². The molecular weight excluding hydrogens is 498 g/mol. The van der Waals surface area contributed by atoms with Gasteiger partial charge in [-0.2, -0.15) is 0 Å². The van der Waals surface area contributed by atoms with Crippen molar-refractivity contribution in [1.82, 2.24) is 0 Å². The molecule has 2 aromatic rings. The van der Waals surface area contributed by atoms with Gasteiger partial charge in [-0.1, -0.05) is 104 Å². The normalized spacial score (nSPS) is 14.3. The molecule has 2 aromatic carbocycles. The minimum atomic E-state index is -2.65. The van der Waals surface area contributed by atoms with Crippen molar-refractivity contribution in [3.8, 4) is 0 Å². The third-order valence-corrected chi connectivity index (χ3v) is 10.8. The Morgan fingerprint density at radius 2 is 1.52 bits per heavy atom. The molecule has 2 rings (SSSR count). The Morgan fingerprint density at radius 3 is 1.93 bits per heavy atom. The summed E-state index contributed by atoms with van der Waals surface area (Å²) >= 11 is 2.17. The number of halogens is 2.